The fourth-order valence-corrected chi connectivity index (χ4v) is 2.09. The average molecular weight is 292 g/mol. The smallest absolute Gasteiger partial charge is 0.303 e. The van der Waals surface area contributed by atoms with E-state index in [1.165, 1.54) is 20.3 Å². The zero-order valence-corrected chi connectivity index (χ0v) is 11.8. The van der Waals surface area contributed by atoms with Gasteiger partial charge >= 0.3 is 5.97 Å². The van der Waals surface area contributed by atoms with Crippen molar-refractivity contribution in [1.29, 1.82) is 0 Å². The van der Waals surface area contributed by atoms with Gasteiger partial charge in [0.25, 0.3) is 0 Å². The zero-order chi connectivity index (χ0) is 15.4. The minimum Gasteiger partial charge on any atom is -0.496 e. The molecule has 0 bridgehead atoms. The number of rotatable bonds is 6. The van der Waals surface area contributed by atoms with Gasteiger partial charge in [0, 0.05) is 31.0 Å². The molecule has 0 aliphatic heterocycles. The van der Waals surface area contributed by atoms with Crippen LogP contribution in [-0.2, 0) is 11.2 Å². The van der Waals surface area contributed by atoms with Crippen LogP contribution in [0.3, 0.4) is 0 Å². The Kier molecular flexibility index (Phi) is 4.47. The third-order valence-corrected chi connectivity index (χ3v) is 3.09. The van der Waals surface area contributed by atoms with Gasteiger partial charge in [-0.25, -0.2) is 0 Å². The molecule has 0 saturated heterocycles. The molecule has 6 heteroatoms. The van der Waals surface area contributed by atoms with Crippen LogP contribution in [0.5, 0.6) is 11.5 Å². The Hall–Kier alpha value is -2.50. The summed E-state index contributed by atoms with van der Waals surface area (Å²) in [6.07, 6.45) is 0.824. The number of aryl methyl sites for hydroxylation is 1. The average Bonchev–Trinajstić information content (AvgIpc) is 2.45. The summed E-state index contributed by atoms with van der Waals surface area (Å²) in [5, 5.41) is 8.98. The number of carbonyl (C=O) groups is 1. The van der Waals surface area contributed by atoms with Gasteiger partial charge < -0.3 is 19.0 Å². The molecule has 0 fully saturated rings. The minimum atomic E-state index is -0.874. The number of aliphatic carboxylic acids is 1. The summed E-state index contributed by atoms with van der Waals surface area (Å²) in [6.45, 7) is 0. The summed E-state index contributed by atoms with van der Waals surface area (Å²) in [4.78, 5) is 22.7. The van der Waals surface area contributed by atoms with Crippen molar-refractivity contribution in [3.63, 3.8) is 0 Å². The summed E-state index contributed by atoms with van der Waals surface area (Å²) in [7, 11) is 2.98. The Morgan fingerprint density at radius 2 is 2.00 bits per heavy atom. The van der Waals surface area contributed by atoms with Gasteiger partial charge in [-0.3, -0.25) is 9.59 Å². The molecule has 0 amide bonds. The highest BCUT2D eigenvalue weighted by Gasteiger charge is 2.12. The highest BCUT2D eigenvalue weighted by Crippen LogP contribution is 2.29. The molecule has 6 nitrogen and oxygen atoms in total. The van der Waals surface area contributed by atoms with Crippen molar-refractivity contribution in [2.24, 2.45) is 0 Å². The minimum absolute atomic E-state index is 0.0309. The number of fused-ring (bicyclic) bond motifs is 1. The van der Waals surface area contributed by atoms with Gasteiger partial charge in [-0.1, -0.05) is 0 Å². The first kappa shape index (κ1) is 14.9. The number of ether oxygens (including phenoxy) is 2. The molecule has 0 aliphatic carbocycles. The van der Waals surface area contributed by atoms with Crippen molar-refractivity contribution in [1.82, 2.24) is 0 Å². The van der Waals surface area contributed by atoms with Crippen molar-refractivity contribution in [3.05, 3.63) is 34.2 Å². The standard InChI is InChI=1S/C15H16O6/c1-19-10-7-12(20-2)15-11(16)6-9(21-13(15)8-10)4-3-5-14(17)18/h6-8H,3-5H2,1-2H3,(H,17,18). The van der Waals surface area contributed by atoms with Gasteiger partial charge in [-0.15, -0.1) is 0 Å². The Balaban J connectivity index is 2.44. The largest absolute Gasteiger partial charge is 0.496 e. The molecular weight excluding hydrogens is 276 g/mol. The van der Waals surface area contributed by atoms with E-state index < -0.39 is 5.97 Å². The maximum Gasteiger partial charge on any atom is 0.303 e. The van der Waals surface area contributed by atoms with E-state index in [1.54, 1.807) is 12.1 Å². The fraction of sp³-hybridized carbons (Fsp3) is 0.333. The van der Waals surface area contributed by atoms with Crippen molar-refractivity contribution >= 4 is 16.9 Å². The molecule has 2 aromatic rings. The van der Waals surface area contributed by atoms with Gasteiger partial charge in [0.05, 0.1) is 14.2 Å². The molecule has 1 aromatic carbocycles. The van der Waals surface area contributed by atoms with E-state index in [9.17, 15) is 9.59 Å². The zero-order valence-electron chi connectivity index (χ0n) is 11.8. The Morgan fingerprint density at radius 3 is 2.62 bits per heavy atom. The van der Waals surface area contributed by atoms with Crippen LogP contribution in [0.15, 0.2) is 27.4 Å². The van der Waals surface area contributed by atoms with Gasteiger partial charge in [0.2, 0.25) is 0 Å². The fourth-order valence-electron chi connectivity index (χ4n) is 2.09. The Labute approximate surface area is 120 Å². The maximum absolute atomic E-state index is 12.2. The first-order chi connectivity index (χ1) is 10.0. The number of hydrogen-bond acceptors (Lipinski definition) is 5. The summed E-state index contributed by atoms with van der Waals surface area (Å²) in [5.41, 5.74) is 0.144. The molecule has 0 atom stereocenters. The van der Waals surface area contributed by atoms with E-state index in [-0.39, 0.29) is 11.8 Å². The molecule has 1 N–H and O–H groups in total. The highest BCUT2D eigenvalue weighted by molar-refractivity contribution is 5.85. The van der Waals surface area contributed by atoms with Crippen LogP contribution >= 0.6 is 0 Å². The number of carboxylic acids is 1. The molecule has 1 aromatic heterocycles. The third kappa shape index (κ3) is 3.34. The molecule has 112 valence electrons. The van der Waals surface area contributed by atoms with Crippen LogP contribution in [-0.4, -0.2) is 25.3 Å². The van der Waals surface area contributed by atoms with Gasteiger partial charge in [0.15, 0.2) is 5.43 Å². The first-order valence-electron chi connectivity index (χ1n) is 6.45. The Morgan fingerprint density at radius 1 is 1.24 bits per heavy atom. The molecule has 0 radical (unpaired) electrons. The predicted molar refractivity (Wildman–Crippen MR) is 76.2 cm³/mol. The van der Waals surface area contributed by atoms with E-state index in [1.807, 2.05) is 0 Å². The molecule has 0 spiro atoms. The van der Waals surface area contributed by atoms with Crippen LogP contribution in [0.1, 0.15) is 18.6 Å². The van der Waals surface area contributed by atoms with Crippen LogP contribution < -0.4 is 14.9 Å². The monoisotopic (exact) mass is 292 g/mol. The number of carboxylic acid groups (broad SMARTS) is 1. The third-order valence-electron chi connectivity index (χ3n) is 3.09. The Bertz CT molecular complexity index is 716. The molecule has 0 aliphatic rings. The highest BCUT2D eigenvalue weighted by atomic mass is 16.5. The summed E-state index contributed by atoms with van der Waals surface area (Å²) >= 11 is 0. The molecule has 0 unspecified atom stereocenters. The van der Waals surface area contributed by atoms with E-state index >= 15 is 0 Å². The van der Waals surface area contributed by atoms with Crippen molar-refractivity contribution in [2.75, 3.05) is 14.2 Å². The first-order valence-corrected chi connectivity index (χ1v) is 6.45. The van der Waals surface area contributed by atoms with E-state index in [2.05, 4.69) is 0 Å². The maximum atomic E-state index is 12.2. The van der Waals surface area contributed by atoms with Crippen LogP contribution in [0.4, 0.5) is 0 Å². The predicted octanol–water partition coefficient (Wildman–Crippen LogP) is 2.22. The van der Waals surface area contributed by atoms with Gasteiger partial charge in [-0.2, -0.15) is 0 Å². The number of benzene rings is 1. The van der Waals surface area contributed by atoms with Crippen molar-refractivity contribution < 1.29 is 23.8 Å². The lowest BCUT2D eigenvalue weighted by atomic mass is 10.1. The second-order valence-corrected chi connectivity index (χ2v) is 4.53. The number of methoxy groups -OCH3 is 2. The van der Waals surface area contributed by atoms with Crippen LogP contribution in [0, 0.1) is 0 Å². The van der Waals surface area contributed by atoms with Crippen molar-refractivity contribution in [3.8, 4) is 11.5 Å². The lowest BCUT2D eigenvalue weighted by Gasteiger charge is -2.08. The SMILES string of the molecule is COc1cc(OC)c2c(=O)cc(CCCC(=O)O)oc2c1. The molecule has 1 heterocycles. The van der Waals surface area contributed by atoms with E-state index in [0.717, 1.165) is 0 Å². The topological polar surface area (TPSA) is 86.0 Å². The van der Waals surface area contributed by atoms with Gasteiger partial charge in [-0.05, 0) is 6.42 Å². The molecule has 2 rings (SSSR count). The second kappa shape index (κ2) is 6.30. The van der Waals surface area contributed by atoms with Gasteiger partial charge in [0.1, 0.15) is 28.2 Å². The number of hydrogen-bond donors (Lipinski definition) is 1. The summed E-state index contributed by atoms with van der Waals surface area (Å²) in [6, 6.07) is 4.60. The molecule has 0 saturated carbocycles. The summed E-state index contributed by atoms with van der Waals surface area (Å²) in [5.74, 6) is 0.478. The van der Waals surface area contributed by atoms with Crippen LogP contribution in [0.25, 0.3) is 11.0 Å². The van der Waals surface area contributed by atoms with E-state index in [0.29, 0.717) is 41.1 Å². The second-order valence-electron chi connectivity index (χ2n) is 4.53. The molecule has 21 heavy (non-hydrogen) atoms. The lowest BCUT2D eigenvalue weighted by Crippen LogP contribution is -2.05. The lowest BCUT2D eigenvalue weighted by molar-refractivity contribution is -0.137. The summed E-state index contributed by atoms with van der Waals surface area (Å²) < 4.78 is 16.0. The van der Waals surface area contributed by atoms with Crippen LogP contribution in [0.2, 0.25) is 0 Å². The molecular formula is C15H16O6. The van der Waals surface area contributed by atoms with Crippen molar-refractivity contribution in [2.45, 2.75) is 19.3 Å². The van der Waals surface area contributed by atoms with E-state index in [4.69, 9.17) is 19.0 Å². The quantitative estimate of drug-likeness (QED) is 0.878. The normalized spacial score (nSPS) is 10.6.